The summed E-state index contributed by atoms with van der Waals surface area (Å²) >= 11 is 6.21. The molecule has 0 radical (unpaired) electrons. The average Bonchev–Trinajstić information content (AvgIpc) is 3.28. The number of fused-ring (bicyclic) bond motifs is 1. The van der Waals surface area contributed by atoms with Crippen LogP contribution in [0.25, 0.3) is 10.9 Å². The predicted octanol–water partition coefficient (Wildman–Crippen LogP) is 1.74. The van der Waals surface area contributed by atoms with E-state index in [0.717, 1.165) is 0 Å². The Kier molecular flexibility index (Phi) is 9.03. The summed E-state index contributed by atoms with van der Waals surface area (Å²) in [6, 6.07) is 3.27. The van der Waals surface area contributed by atoms with Gasteiger partial charge in [0.05, 0.1) is 12.6 Å². The van der Waals surface area contributed by atoms with Crippen LogP contribution in [0, 0.1) is 0 Å². The Hall–Kier alpha value is -2.34. The van der Waals surface area contributed by atoms with Gasteiger partial charge in [-0.1, -0.05) is 11.6 Å². The van der Waals surface area contributed by atoms with Crippen molar-refractivity contribution in [2.24, 2.45) is 0 Å². The van der Waals surface area contributed by atoms with Crippen LogP contribution in [0.2, 0.25) is 5.02 Å². The second-order valence-corrected chi connectivity index (χ2v) is 10.2. The number of anilines is 1. The van der Waals surface area contributed by atoms with Crippen LogP contribution >= 0.6 is 11.6 Å². The SMILES string of the molecule is CN1CCCC1.COc1nc(N2CCN(C(=O)OC(C)(C)C)CC2)c2cc(Cl)c(B(O)O)cc2n1. The molecule has 1 amide bonds. The number of amides is 1. The zero-order valence-electron chi connectivity index (χ0n) is 21.1. The molecule has 2 fully saturated rings. The molecule has 4 rings (SSSR count). The van der Waals surface area contributed by atoms with Gasteiger partial charge in [-0.05, 0) is 65.9 Å². The van der Waals surface area contributed by atoms with Crippen LogP contribution in [0.5, 0.6) is 6.01 Å². The lowest BCUT2D eigenvalue weighted by Gasteiger charge is -2.36. The van der Waals surface area contributed by atoms with Gasteiger partial charge in [0.15, 0.2) is 0 Å². The number of carbonyl (C=O) groups is 1. The fraction of sp³-hybridized carbons (Fsp3) is 0.609. The zero-order valence-corrected chi connectivity index (χ0v) is 21.9. The molecule has 10 nitrogen and oxygen atoms in total. The summed E-state index contributed by atoms with van der Waals surface area (Å²) in [5.74, 6) is 0.608. The number of hydrogen-bond donors (Lipinski definition) is 2. The van der Waals surface area contributed by atoms with Crippen LogP contribution < -0.4 is 15.1 Å². The van der Waals surface area contributed by atoms with Gasteiger partial charge in [-0.15, -0.1) is 0 Å². The molecule has 35 heavy (non-hydrogen) atoms. The topological polar surface area (TPSA) is 111 Å². The van der Waals surface area contributed by atoms with Crippen LogP contribution in [0.15, 0.2) is 12.1 Å². The first-order valence-corrected chi connectivity index (χ1v) is 12.2. The molecule has 3 heterocycles. The molecule has 2 aliphatic rings. The largest absolute Gasteiger partial charge is 0.490 e. The summed E-state index contributed by atoms with van der Waals surface area (Å²) in [7, 11) is 1.92. The first-order chi connectivity index (χ1) is 16.5. The zero-order chi connectivity index (χ0) is 25.8. The van der Waals surface area contributed by atoms with Crippen LogP contribution in [0.4, 0.5) is 10.6 Å². The molecule has 0 unspecified atom stereocenters. The van der Waals surface area contributed by atoms with Crippen molar-refractivity contribution in [1.29, 1.82) is 0 Å². The lowest BCUT2D eigenvalue weighted by atomic mass is 9.80. The van der Waals surface area contributed by atoms with Crippen molar-refractivity contribution in [3.8, 4) is 6.01 Å². The molecule has 1 aromatic heterocycles. The van der Waals surface area contributed by atoms with Crippen molar-refractivity contribution in [2.45, 2.75) is 39.2 Å². The summed E-state index contributed by atoms with van der Waals surface area (Å²) in [6.07, 6.45) is 2.49. The number of likely N-dealkylation sites (tertiary alicyclic amines) is 1. The van der Waals surface area contributed by atoms with E-state index in [2.05, 4.69) is 21.9 Å². The first-order valence-electron chi connectivity index (χ1n) is 11.8. The van der Waals surface area contributed by atoms with Crippen LogP contribution in [-0.2, 0) is 4.74 Å². The van der Waals surface area contributed by atoms with Gasteiger partial charge in [-0.3, -0.25) is 0 Å². The highest BCUT2D eigenvalue weighted by Crippen LogP contribution is 2.29. The second kappa shape index (κ2) is 11.6. The third-order valence-corrected chi connectivity index (χ3v) is 6.12. The summed E-state index contributed by atoms with van der Waals surface area (Å²) in [5, 5.41) is 19.9. The molecular weight excluding hydrogens is 473 g/mol. The van der Waals surface area contributed by atoms with Crippen molar-refractivity contribution >= 4 is 47.0 Å². The Morgan fingerprint density at radius 2 is 1.69 bits per heavy atom. The molecule has 2 N–H and O–H groups in total. The van der Waals surface area contributed by atoms with E-state index in [1.165, 1.54) is 39.1 Å². The average molecular weight is 508 g/mol. The van der Waals surface area contributed by atoms with Gasteiger partial charge in [-0.2, -0.15) is 9.97 Å². The fourth-order valence-corrected chi connectivity index (χ4v) is 4.22. The molecule has 2 saturated heterocycles. The fourth-order valence-electron chi connectivity index (χ4n) is 3.96. The highest BCUT2D eigenvalue weighted by molar-refractivity contribution is 6.63. The third-order valence-electron chi connectivity index (χ3n) is 5.79. The van der Waals surface area contributed by atoms with Gasteiger partial charge in [-0.25, -0.2) is 4.79 Å². The molecule has 1 aromatic carbocycles. The molecule has 192 valence electrons. The maximum absolute atomic E-state index is 12.3. The number of hydrogen-bond acceptors (Lipinski definition) is 9. The molecule has 0 atom stereocenters. The lowest BCUT2D eigenvalue weighted by Crippen LogP contribution is -2.50. The first kappa shape index (κ1) is 27.3. The van der Waals surface area contributed by atoms with Crippen molar-refractivity contribution in [2.75, 3.05) is 58.3 Å². The number of halogens is 1. The Morgan fingerprint density at radius 1 is 1.06 bits per heavy atom. The van der Waals surface area contributed by atoms with Gasteiger partial charge >= 0.3 is 19.2 Å². The number of ether oxygens (including phenoxy) is 2. The van der Waals surface area contributed by atoms with Crippen LogP contribution in [0.3, 0.4) is 0 Å². The summed E-state index contributed by atoms with van der Waals surface area (Å²) in [6.45, 7) is 10.2. The predicted molar refractivity (Wildman–Crippen MR) is 138 cm³/mol. The highest BCUT2D eigenvalue weighted by Gasteiger charge is 2.28. The van der Waals surface area contributed by atoms with Crippen molar-refractivity contribution < 1.29 is 24.3 Å². The molecule has 0 aliphatic carbocycles. The Morgan fingerprint density at radius 3 is 2.17 bits per heavy atom. The standard InChI is InChI=1S/C18H24BClN4O5.C5H11N/c1-18(2,3)29-17(25)24-7-5-23(6-8-24)15-11-9-13(20)12(19(26)27)10-14(11)21-16(22-15)28-4;1-6-4-2-3-5-6/h9-10,26-27H,5-8H2,1-4H3;2-5H2,1H3. The van der Waals surface area contributed by atoms with Gasteiger partial charge in [0.2, 0.25) is 0 Å². The van der Waals surface area contributed by atoms with E-state index in [1.54, 1.807) is 11.0 Å². The van der Waals surface area contributed by atoms with E-state index in [9.17, 15) is 14.8 Å². The molecule has 12 heteroatoms. The van der Waals surface area contributed by atoms with Crippen molar-refractivity contribution in [3.63, 3.8) is 0 Å². The number of rotatable bonds is 3. The molecule has 2 aromatic rings. The second-order valence-electron chi connectivity index (χ2n) is 9.76. The minimum Gasteiger partial charge on any atom is -0.467 e. The van der Waals surface area contributed by atoms with E-state index in [0.29, 0.717) is 42.9 Å². The summed E-state index contributed by atoms with van der Waals surface area (Å²) in [5.41, 5.74) is 0.0884. The minimum atomic E-state index is -1.71. The lowest BCUT2D eigenvalue weighted by molar-refractivity contribution is 0.0240. The normalized spacial score (nSPS) is 16.7. The Balaban J connectivity index is 0.000000497. The summed E-state index contributed by atoms with van der Waals surface area (Å²) in [4.78, 5) is 27.1. The number of piperazine rings is 1. The number of aromatic nitrogens is 2. The molecule has 0 spiro atoms. The van der Waals surface area contributed by atoms with Crippen molar-refractivity contribution in [3.05, 3.63) is 17.2 Å². The smallest absolute Gasteiger partial charge is 0.467 e. The molecular formula is C23H35BClN5O5. The molecule has 0 bridgehead atoms. The van der Waals surface area contributed by atoms with E-state index < -0.39 is 12.7 Å². The van der Waals surface area contributed by atoms with Gasteiger partial charge < -0.3 is 34.2 Å². The van der Waals surface area contributed by atoms with E-state index in [-0.39, 0.29) is 22.6 Å². The van der Waals surface area contributed by atoms with E-state index in [4.69, 9.17) is 21.1 Å². The van der Waals surface area contributed by atoms with E-state index in [1.807, 2.05) is 25.7 Å². The number of methoxy groups -OCH3 is 1. The number of carbonyl (C=O) groups excluding carboxylic acids is 1. The maximum atomic E-state index is 12.3. The maximum Gasteiger partial charge on any atom is 0.490 e. The Labute approximate surface area is 211 Å². The van der Waals surface area contributed by atoms with Gasteiger partial charge in [0, 0.05) is 42.1 Å². The van der Waals surface area contributed by atoms with Crippen LogP contribution in [0.1, 0.15) is 33.6 Å². The highest BCUT2D eigenvalue weighted by atomic mass is 35.5. The number of nitrogens with zero attached hydrogens (tertiary/aromatic N) is 5. The molecule has 0 saturated carbocycles. The van der Waals surface area contributed by atoms with Crippen molar-refractivity contribution in [1.82, 2.24) is 19.8 Å². The monoisotopic (exact) mass is 507 g/mol. The third kappa shape index (κ3) is 7.33. The Bertz CT molecular complexity index is 1020. The van der Waals surface area contributed by atoms with Crippen LogP contribution in [-0.4, -0.2) is 102 Å². The van der Waals surface area contributed by atoms with Gasteiger partial charge in [0.25, 0.3) is 0 Å². The minimum absolute atomic E-state index is 0.153. The number of benzene rings is 1. The summed E-state index contributed by atoms with van der Waals surface area (Å²) < 4.78 is 10.6. The van der Waals surface area contributed by atoms with Gasteiger partial charge in [0.1, 0.15) is 11.4 Å². The molecule has 2 aliphatic heterocycles. The van der Waals surface area contributed by atoms with E-state index >= 15 is 0 Å². The quantitative estimate of drug-likeness (QED) is 0.600.